The van der Waals surface area contributed by atoms with Gasteiger partial charge in [0.1, 0.15) is 6.10 Å². The lowest BCUT2D eigenvalue weighted by Crippen LogP contribution is -2.26. The summed E-state index contributed by atoms with van der Waals surface area (Å²) in [6.07, 6.45) is 3.48. The molecule has 0 aliphatic carbocycles. The second-order valence-electron chi connectivity index (χ2n) is 8.19. The average molecular weight is 438 g/mol. The molecule has 0 spiro atoms. The Morgan fingerprint density at radius 3 is 2.42 bits per heavy atom. The third kappa shape index (κ3) is 5.70. The van der Waals surface area contributed by atoms with Gasteiger partial charge >= 0.3 is 0 Å². The van der Waals surface area contributed by atoms with Gasteiger partial charge in [-0.1, -0.05) is 42.5 Å². The fourth-order valence-corrected chi connectivity index (χ4v) is 3.62. The van der Waals surface area contributed by atoms with Crippen LogP contribution >= 0.6 is 0 Å². The monoisotopic (exact) mass is 437 g/mol. The molecular weight excluding hydrogens is 410 g/mol. The highest BCUT2D eigenvalue weighted by molar-refractivity contribution is 5.95. The maximum Gasteiger partial charge on any atom is 0.251 e. The van der Waals surface area contributed by atoms with E-state index in [0.29, 0.717) is 24.1 Å². The number of aromatic nitrogens is 2. The van der Waals surface area contributed by atoms with Crippen molar-refractivity contribution in [1.82, 2.24) is 15.3 Å². The molecule has 2 N–H and O–H groups in total. The first-order chi connectivity index (χ1) is 16.0. The molecule has 5 heteroatoms. The van der Waals surface area contributed by atoms with Gasteiger partial charge in [0, 0.05) is 35.8 Å². The Bertz CT molecular complexity index is 1220. The summed E-state index contributed by atoms with van der Waals surface area (Å²) < 4.78 is 0. The smallest absolute Gasteiger partial charge is 0.251 e. The number of rotatable bonds is 7. The third-order valence-electron chi connectivity index (χ3n) is 5.53. The van der Waals surface area contributed by atoms with E-state index in [1.807, 2.05) is 86.8 Å². The zero-order chi connectivity index (χ0) is 23.2. The second-order valence-corrected chi connectivity index (χ2v) is 8.19. The van der Waals surface area contributed by atoms with Crippen molar-refractivity contribution in [2.75, 3.05) is 6.54 Å². The van der Waals surface area contributed by atoms with Crippen LogP contribution in [0.4, 0.5) is 0 Å². The van der Waals surface area contributed by atoms with Gasteiger partial charge < -0.3 is 10.4 Å². The number of carbonyl (C=O) groups excluding carboxylic acids is 1. The molecule has 4 rings (SSSR count). The first-order valence-corrected chi connectivity index (χ1v) is 11.0. The summed E-state index contributed by atoms with van der Waals surface area (Å²) in [6.45, 7) is 4.42. The van der Waals surface area contributed by atoms with Crippen molar-refractivity contribution >= 4 is 5.91 Å². The third-order valence-corrected chi connectivity index (χ3v) is 5.53. The van der Waals surface area contributed by atoms with Crippen LogP contribution in [0.15, 0.2) is 85.2 Å². The minimum absolute atomic E-state index is 0.189. The summed E-state index contributed by atoms with van der Waals surface area (Å²) >= 11 is 0. The van der Waals surface area contributed by atoms with E-state index in [4.69, 9.17) is 0 Å². The van der Waals surface area contributed by atoms with Crippen molar-refractivity contribution in [3.63, 3.8) is 0 Å². The Hall–Kier alpha value is -3.83. The highest BCUT2D eigenvalue weighted by atomic mass is 16.3. The van der Waals surface area contributed by atoms with Crippen LogP contribution in [0, 0.1) is 13.8 Å². The van der Waals surface area contributed by atoms with Gasteiger partial charge in [-0.05, 0) is 72.9 Å². The Kier molecular flexibility index (Phi) is 6.91. The molecule has 33 heavy (non-hydrogen) atoms. The summed E-state index contributed by atoms with van der Waals surface area (Å²) in [5, 5.41) is 14.0. The summed E-state index contributed by atoms with van der Waals surface area (Å²) in [5.41, 5.74) is 6.54. The SMILES string of the molecule is Cc1ccc(-c2cc(C(=O)NCCc3ccc(C)nc3)cc([C@H](O)c3ccccc3)c2)nc1. The standard InChI is InChI=1S/C28H27N3O2/c1-19-8-11-26(31-17-19)23-14-24(27(32)22-6-4-3-5-7-22)16-25(15-23)28(33)29-13-12-21-10-9-20(2)30-18-21/h3-11,14-18,27,32H,12-13H2,1-2H3,(H,29,33)/t27-/m1/s1. The highest BCUT2D eigenvalue weighted by Crippen LogP contribution is 2.28. The number of nitrogens with one attached hydrogen (secondary N) is 1. The van der Waals surface area contributed by atoms with Crippen LogP contribution in [0.5, 0.6) is 0 Å². The fraction of sp³-hybridized carbons (Fsp3) is 0.179. The van der Waals surface area contributed by atoms with Crippen LogP contribution in [0.3, 0.4) is 0 Å². The normalized spacial score (nSPS) is 11.7. The first-order valence-electron chi connectivity index (χ1n) is 11.0. The summed E-state index contributed by atoms with van der Waals surface area (Å²) in [7, 11) is 0. The second kappa shape index (κ2) is 10.2. The van der Waals surface area contributed by atoms with E-state index < -0.39 is 6.10 Å². The van der Waals surface area contributed by atoms with Crippen molar-refractivity contribution in [3.05, 3.63) is 119 Å². The molecule has 1 amide bonds. The number of benzene rings is 2. The Morgan fingerprint density at radius 1 is 0.909 bits per heavy atom. The molecular formula is C28H27N3O2. The first kappa shape index (κ1) is 22.4. The van der Waals surface area contributed by atoms with Crippen LogP contribution in [0.25, 0.3) is 11.3 Å². The molecule has 2 heterocycles. The average Bonchev–Trinajstić information content (AvgIpc) is 2.85. The van der Waals surface area contributed by atoms with Gasteiger partial charge in [-0.15, -0.1) is 0 Å². The topological polar surface area (TPSA) is 75.1 Å². The molecule has 0 aliphatic heterocycles. The van der Waals surface area contributed by atoms with E-state index >= 15 is 0 Å². The predicted octanol–water partition coefficient (Wildman–Crippen LogP) is 4.81. The molecule has 1 atom stereocenters. The molecule has 166 valence electrons. The van der Waals surface area contributed by atoms with Crippen LogP contribution in [-0.4, -0.2) is 27.5 Å². The quantitative estimate of drug-likeness (QED) is 0.435. The number of hydrogen-bond acceptors (Lipinski definition) is 4. The molecule has 0 unspecified atom stereocenters. The highest BCUT2D eigenvalue weighted by Gasteiger charge is 2.16. The maximum atomic E-state index is 13.0. The van der Waals surface area contributed by atoms with Crippen molar-refractivity contribution in [1.29, 1.82) is 0 Å². The van der Waals surface area contributed by atoms with Crippen LogP contribution in [0.2, 0.25) is 0 Å². The van der Waals surface area contributed by atoms with E-state index in [-0.39, 0.29) is 5.91 Å². The largest absolute Gasteiger partial charge is 0.384 e. The zero-order valence-electron chi connectivity index (χ0n) is 18.8. The molecule has 0 saturated heterocycles. The fourth-order valence-electron chi connectivity index (χ4n) is 3.62. The molecule has 5 nitrogen and oxygen atoms in total. The molecule has 0 aliphatic rings. The van der Waals surface area contributed by atoms with Gasteiger partial charge in [-0.25, -0.2) is 0 Å². The molecule has 2 aromatic carbocycles. The number of pyridine rings is 2. The minimum Gasteiger partial charge on any atom is -0.384 e. The molecule has 0 radical (unpaired) electrons. The molecule has 2 aromatic heterocycles. The summed E-state index contributed by atoms with van der Waals surface area (Å²) in [6, 6.07) is 22.8. The van der Waals surface area contributed by atoms with Gasteiger partial charge in [0.2, 0.25) is 0 Å². The van der Waals surface area contributed by atoms with Crippen molar-refractivity contribution in [2.24, 2.45) is 0 Å². The van der Waals surface area contributed by atoms with Gasteiger partial charge in [0.05, 0.1) is 5.69 Å². The zero-order valence-corrected chi connectivity index (χ0v) is 18.8. The Labute approximate surface area is 194 Å². The lowest BCUT2D eigenvalue weighted by Gasteiger charge is -2.15. The van der Waals surface area contributed by atoms with E-state index in [9.17, 15) is 9.90 Å². The van der Waals surface area contributed by atoms with Crippen molar-refractivity contribution in [2.45, 2.75) is 26.4 Å². The maximum absolute atomic E-state index is 13.0. The molecule has 0 bridgehead atoms. The van der Waals surface area contributed by atoms with Crippen molar-refractivity contribution < 1.29 is 9.90 Å². The van der Waals surface area contributed by atoms with Gasteiger partial charge in [-0.3, -0.25) is 14.8 Å². The van der Waals surface area contributed by atoms with Crippen LogP contribution in [0.1, 0.15) is 44.4 Å². The minimum atomic E-state index is -0.846. The van der Waals surface area contributed by atoms with E-state index in [0.717, 1.165) is 33.6 Å². The van der Waals surface area contributed by atoms with E-state index in [2.05, 4.69) is 15.3 Å². The number of amides is 1. The number of aryl methyl sites for hydroxylation is 2. The molecule has 0 saturated carbocycles. The number of aliphatic hydroxyl groups is 1. The summed E-state index contributed by atoms with van der Waals surface area (Å²) in [4.78, 5) is 21.8. The van der Waals surface area contributed by atoms with Gasteiger partial charge in [0.25, 0.3) is 5.91 Å². The lowest BCUT2D eigenvalue weighted by molar-refractivity contribution is 0.0954. The van der Waals surface area contributed by atoms with Crippen molar-refractivity contribution in [3.8, 4) is 11.3 Å². The molecule has 0 fully saturated rings. The molecule has 4 aromatic rings. The lowest BCUT2D eigenvalue weighted by atomic mass is 9.95. The predicted molar refractivity (Wildman–Crippen MR) is 130 cm³/mol. The van der Waals surface area contributed by atoms with Gasteiger partial charge in [-0.2, -0.15) is 0 Å². The Morgan fingerprint density at radius 2 is 1.73 bits per heavy atom. The Balaban J connectivity index is 1.60. The number of hydrogen-bond donors (Lipinski definition) is 2. The number of carbonyl (C=O) groups is 1. The summed E-state index contributed by atoms with van der Waals surface area (Å²) in [5.74, 6) is -0.189. The van der Waals surface area contributed by atoms with E-state index in [1.165, 1.54) is 0 Å². The van der Waals surface area contributed by atoms with Crippen LogP contribution < -0.4 is 5.32 Å². The number of nitrogens with zero attached hydrogens (tertiary/aromatic N) is 2. The number of aliphatic hydroxyl groups excluding tert-OH is 1. The van der Waals surface area contributed by atoms with Gasteiger partial charge in [0.15, 0.2) is 0 Å². The van der Waals surface area contributed by atoms with Crippen LogP contribution in [-0.2, 0) is 6.42 Å². The van der Waals surface area contributed by atoms with E-state index in [1.54, 1.807) is 12.3 Å².